The highest BCUT2D eigenvalue weighted by Crippen LogP contribution is 2.29. The van der Waals surface area contributed by atoms with Gasteiger partial charge in [0.25, 0.3) is 5.91 Å². The number of benzene rings is 1. The Labute approximate surface area is 111 Å². The van der Waals surface area contributed by atoms with Crippen LogP contribution in [0.15, 0.2) is 18.2 Å². The number of aliphatic carboxylic acids is 1. The number of nitrogens with zero attached hydrogens (tertiary/aromatic N) is 1. The van der Waals surface area contributed by atoms with Gasteiger partial charge in [0.05, 0.1) is 20.6 Å². The van der Waals surface area contributed by atoms with Crippen molar-refractivity contribution in [1.29, 1.82) is 0 Å². The van der Waals surface area contributed by atoms with Crippen molar-refractivity contribution < 1.29 is 24.2 Å². The number of hydrogen-bond donors (Lipinski definition) is 1. The molecule has 0 bridgehead atoms. The van der Waals surface area contributed by atoms with E-state index in [9.17, 15) is 9.59 Å². The Morgan fingerprint density at radius 3 is 2.16 bits per heavy atom. The number of ether oxygens (including phenoxy) is 2. The van der Waals surface area contributed by atoms with Gasteiger partial charge in [0, 0.05) is 13.6 Å². The van der Waals surface area contributed by atoms with Crippen LogP contribution in [0.4, 0.5) is 0 Å². The van der Waals surface area contributed by atoms with Crippen molar-refractivity contribution in [1.82, 2.24) is 4.90 Å². The summed E-state index contributed by atoms with van der Waals surface area (Å²) in [5.41, 5.74) is 0.292. The summed E-state index contributed by atoms with van der Waals surface area (Å²) in [6, 6.07) is 5.02. The van der Waals surface area contributed by atoms with E-state index in [4.69, 9.17) is 14.6 Å². The highest BCUT2D eigenvalue weighted by atomic mass is 16.5. The van der Waals surface area contributed by atoms with Crippen LogP contribution < -0.4 is 9.47 Å². The minimum absolute atomic E-state index is 0.111. The average Bonchev–Trinajstić information content (AvgIpc) is 2.42. The second-order valence-electron chi connectivity index (χ2n) is 3.91. The number of carboxylic acids is 1. The summed E-state index contributed by atoms with van der Waals surface area (Å²) in [7, 11) is 4.46. The lowest BCUT2D eigenvalue weighted by molar-refractivity contribution is -0.137. The Balaban J connectivity index is 3.00. The van der Waals surface area contributed by atoms with E-state index < -0.39 is 5.97 Å². The molecule has 1 amide bonds. The summed E-state index contributed by atoms with van der Waals surface area (Å²) in [4.78, 5) is 24.1. The lowest BCUT2D eigenvalue weighted by atomic mass is 10.1. The van der Waals surface area contributed by atoms with Gasteiger partial charge in [-0.25, -0.2) is 0 Å². The Hall–Kier alpha value is -2.24. The van der Waals surface area contributed by atoms with E-state index in [1.54, 1.807) is 18.2 Å². The highest BCUT2D eigenvalue weighted by molar-refractivity contribution is 5.99. The molecule has 0 heterocycles. The van der Waals surface area contributed by atoms with Gasteiger partial charge in [-0.2, -0.15) is 0 Å². The predicted molar refractivity (Wildman–Crippen MR) is 68.8 cm³/mol. The number of hydrogen-bond acceptors (Lipinski definition) is 4. The maximum Gasteiger partial charge on any atom is 0.305 e. The van der Waals surface area contributed by atoms with E-state index in [-0.39, 0.29) is 18.9 Å². The molecular formula is C13H17NO5. The molecule has 0 aliphatic rings. The first-order valence-electron chi connectivity index (χ1n) is 5.69. The maximum atomic E-state index is 12.3. The van der Waals surface area contributed by atoms with Crippen LogP contribution in [0.3, 0.4) is 0 Å². The zero-order valence-electron chi connectivity index (χ0n) is 11.2. The van der Waals surface area contributed by atoms with Gasteiger partial charge in [0.1, 0.15) is 17.1 Å². The molecule has 1 aromatic rings. The van der Waals surface area contributed by atoms with Crippen LogP contribution in [0, 0.1) is 0 Å². The summed E-state index contributed by atoms with van der Waals surface area (Å²) < 4.78 is 10.3. The number of rotatable bonds is 6. The van der Waals surface area contributed by atoms with Crippen molar-refractivity contribution >= 4 is 11.9 Å². The molecule has 1 rings (SSSR count). The van der Waals surface area contributed by atoms with Crippen LogP contribution in [-0.2, 0) is 4.79 Å². The second-order valence-corrected chi connectivity index (χ2v) is 3.91. The molecule has 0 radical (unpaired) electrons. The Kier molecular flexibility index (Phi) is 5.17. The van der Waals surface area contributed by atoms with Gasteiger partial charge in [-0.3, -0.25) is 9.59 Å². The number of carbonyl (C=O) groups excluding carboxylic acids is 1. The van der Waals surface area contributed by atoms with Crippen molar-refractivity contribution in [3.8, 4) is 11.5 Å². The molecule has 6 nitrogen and oxygen atoms in total. The maximum absolute atomic E-state index is 12.3. The SMILES string of the molecule is COc1cccc(OC)c1C(=O)N(C)CCC(=O)O. The largest absolute Gasteiger partial charge is 0.496 e. The molecular weight excluding hydrogens is 250 g/mol. The third-order valence-electron chi connectivity index (χ3n) is 2.65. The van der Waals surface area contributed by atoms with E-state index in [0.717, 1.165) is 0 Å². The van der Waals surface area contributed by atoms with Gasteiger partial charge in [-0.1, -0.05) is 6.07 Å². The Bertz CT molecular complexity index is 450. The number of methoxy groups -OCH3 is 2. The number of carboxylic acid groups (broad SMARTS) is 1. The van der Waals surface area contributed by atoms with Crippen LogP contribution in [0.5, 0.6) is 11.5 Å². The van der Waals surface area contributed by atoms with Crippen molar-refractivity contribution in [3.05, 3.63) is 23.8 Å². The molecule has 0 saturated carbocycles. The van der Waals surface area contributed by atoms with Crippen LogP contribution in [0.25, 0.3) is 0 Å². The van der Waals surface area contributed by atoms with Crippen molar-refractivity contribution in [2.24, 2.45) is 0 Å². The minimum Gasteiger partial charge on any atom is -0.496 e. The standard InChI is InChI=1S/C13H17NO5/c1-14(8-7-11(15)16)13(17)12-9(18-2)5-4-6-10(12)19-3/h4-6H,7-8H2,1-3H3,(H,15,16). The van der Waals surface area contributed by atoms with Crippen molar-refractivity contribution in [3.63, 3.8) is 0 Å². The van der Waals surface area contributed by atoms with Gasteiger partial charge < -0.3 is 19.5 Å². The monoisotopic (exact) mass is 267 g/mol. The fraction of sp³-hybridized carbons (Fsp3) is 0.385. The van der Waals surface area contributed by atoms with Crippen LogP contribution in [0.1, 0.15) is 16.8 Å². The molecule has 0 aliphatic carbocycles. The molecule has 0 fully saturated rings. The molecule has 0 aliphatic heterocycles. The van der Waals surface area contributed by atoms with E-state index in [2.05, 4.69) is 0 Å². The molecule has 0 aromatic heterocycles. The highest BCUT2D eigenvalue weighted by Gasteiger charge is 2.21. The van der Waals surface area contributed by atoms with Crippen molar-refractivity contribution in [2.75, 3.05) is 27.8 Å². The molecule has 0 saturated heterocycles. The topological polar surface area (TPSA) is 76.1 Å². The third kappa shape index (κ3) is 3.61. The van der Waals surface area contributed by atoms with E-state index >= 15 is 0 Å². The van der Waals surface area contributed by atoms with Gasteiger partial charge >= 0.3 is 5.97 Å². The molecule has 6 heteroatoms. The first kappa shape index (κ1) is 14.8. The van der Waals surface area contributed by atoms with Crippen LogP contribution >= 0.6 is 0 Å². The van der Waals surface area contributed by atoms with Crippen LogP contribution in [-0.4, -0.2) is 49.7 Å². The summed E-state index contributed by atoms with van der Waals surface area (Å²) in [6.45, 7) is 0.120. The van der Waals surface area contributed by atoms with E-state index in [0.29, 0.717) is 17.1 Å². The molecule has 1 aromatic carbocycles. The summed E-state index contributed by atoms with van der Waals surface area (Å²) in [5, 5.41) is 8.63. The minimum atomic E-state index is -0.952. The first-order chi connectivity index (χ1) is 9.01. The van der Waals surface area contributed by atoms with Crippen LogP contribution in [0.2, 0.25) is 0 Å². The van der Waals surface area contributed by atoms with E-state index in [1.165, 1.54) is 26.2 Å². The third-order valence-corrected chi connectivity index (χ3v) is 2.65. The molecule has 1 N–H and O–H groups in total. The van der Waals surface area contributed by atoms with Gasteiger partial charge in [-0.15, -0.1) is 0 Å². The van der Waals surface area contributed by atoms with Gasteiger partial charge in [-0.05, 0) is 12.1 Å². The smallest absolute Gasteiger partial charge is 0.305 e. The van der Waals surface area contributed by atoms with Gasteiger partial charge in [0.2, 0.25) is 0 Å². The summed E-state index contributed by atoms with van der Waals surface area (Å²) >= 11 is 0. The number of carbonyl (C=O) groups is 2. The lowest BCUT2D eigenvalue weighted by Gasteiger charge is -2.19. The predicted octanol–water partition coefficient (Wildman–Crippen LogP) is 1.25. The molecule has 19 heavy (non-hydrogen) atoms. The summed E-state index contributed by atoms with van der Waals surface area (Å²) in [5.74, 6) is -0.500. The average molecular weight is 267 g/mol. The van der Waals surface area contributed by atoms with Crippen molar-refractivity contribution in [2.45, 2.75) is 6.42 Å². The fourth-order valence-corrected chi connectivity index (χ4v) is 1.62. The molecule has 104 valence electrons. The van der Waals surface area contributed by atoms with E-state index in [1.807, 2.05) is 0 Å². The second kappa shape index (κ2) is 6.63. The Morgan fingerprint density at radius 1 is 1.21 bits per heavy atom. The summed E-state index contributed by atoms with van der Waals surface area (Å²) in [6.07, 6.45) is -0.111. The fourth-order valence-electron chi connectivity index (χ4n) is 1.62. The molecule has 0 spiro atoms. The molecule has 0 unspecified atom stereocenters. The molecule has 0 atom stereocenters. The normalized spacial score (nSPS) is 9.84. The number of amides is 1. The zero-order valence-corrected chi connectivity index (χ0v) is 11.2. The first-order valence-corrected chi connectivity index (χ1v) is 5.69. The van der Waals surface area contributed by atoms with Gasteiger partial charge in [0.15, 0.2) is 0 Å². The zero-order chi connectivity index (χ0) is 14.4. The lowest BCUT2D eigenvalue weighted by Crippen LogP contribution is -2.29. The Morgan fingerprint density at radius 2 is 1.74 bits per heavy atom. The quantitative estimate of drug-likeness (QED) is 0.839.